The van der Waals surface area contributed by atoms with Gasteiger partial charge in [0.1, 0.15) is 18.1 Å². The maximum Gasteiger partial charge on any atom is 0.326 e. The van der Waals surface area contributed by atoms with E-state index in [0.29, 0.717) is 12.1 Å². The molecule has 0 aliphatic carbocycles. The number of hydrogen-bond donors (Lipinski definition) is 7. The summed E-state index contributed by atoms with van der Waals surface area (Å²) < 4.78 is 0. The number of rotatable bonds is 13. The largest absolute Gasteiger partial charge is 0.480 e. The first-order valence-electron chi connectivity index (χ1n) is 10.4. The number of aliphatic carboxylic acids is 1. The predicted octanol–water partition coefficient (Wildman–Crippen LogP) is -1.49. The highest BCUT2D eigenvalue weighted by Crippen LogP contribution is 2.07. The Morgan fingerprint density at radius 2 is 1.66 bits per heavy atom. The average molecular weight is 455 g/mol. The Bertz CT molecular complexity index is 767. The van der Waals surface area contributed by atoms with Crippen LogP contribution in [-0.2, 0) is 25.6 Å². The summed E-state index contributed by atoms with van der Waals surface area (Å²) in [5.41, 5.74) is 6.36. The molecule has 8 N–H and O–H groups in total. The standard InChI is InChI=1S/C20H34N6O6/c1-10(2)5-13(21)17(28)26-16(11(3)4)19(30)25-15(8-27)18(29)24-14(20(31)32)6-12-7-22-9-23-12/h7,9-11,13-16,27H,5-6,8,21H2,1-4H3,(H,22,23)(H,24,29)(H,25,30)(H,26,28)(H,31,32). The zero-order chi connectivity index (χ0) is 24.4. The first-order valence-corrected chi connectivity index (χ1v) is 10.4. The molecule has 12 heteroatoms. The molecule has 1 rings (SSSR count). The van der Waals surface area contributed by atoms with Gasteiger partial charge < -0.3 is 36.9 Å². The fraction of sp³-hybridized carbons (Fsp3) is 0.650. The first kappa shape index (κ1) is 27.0. The molecule has 0 aromatic carbocycles. The SMILES string of the molecule is CC(C)CC(N)C(=O)NC(C(=O)NC(CO)C(=O)NC(Cc1cnc[nH]1)C(=O)O)C(C)C. The summed E-state index contributed by atoms with van der Waals surface area (Å²) in [6.07, 6.45) is 3.17. The lowest BCUT2D eigenvalue weighted by Crippen LogP contribution is -2.59. The number of amides is 3. The van der Waals surface area contributed by atoms with E-state index in [-0.39, 0.29) is 18.3 Å². The molecule has 1 aromatic heterocycles. The number of aromatic nitrogens is 2. The Hall–Kier alpha value is -2.99. The summed E-state index contributed by atoms with van der Waals surface area (Å²) in [6, 6.07) is -4.50. The third-order valence-corrected chi connectivity index (χ3v) is 4.72. The lowest BCUT2D eigenvalue weighted by atomic mass is 10.00. The molecule has 1 aromatic rings. The van der Waals surface area contributed by atoms with Crippen molar-refractivity contribution in [1.82, 2.24) is 25.9 Å². The molecule has 0 saturated heterocycles. The van der Waals surface area contributed by atoms with Crippen LogP contribution in [0.1, 0.15) is 39.8 Å². The van der Waals surface area contributed by atoms with Gasteiger partial charge in [-0.15, -0.1) is 0 Å². The molecule has 12 nitrogen and oxygen atoms in total. The molecule has 180 valence electrons. The molecule has 4 unspecified atom stereocenters. The second kappa shape index (κ2) is 12.8. The molecule has 0 fully saturated rings. The predicted molar refractivity (Wildman–Crippen MR) is 115 cm³/mol. The number of aliphatic hydroxyl groups excluding tert-OH is 1. The van der Waals surface area contributed by atoms with E-state index >= 15 is 0 Å². The number of carboxylic acids is 1. The van der Waals surface area contributed by atoms with Gasteiger partial charge in [0, 0.05) is 18.3 Å². The summed E-state index contributed by atoms with van der Waals surface area (Å²) in [5.74, 6) is -3.50. The summed E-state index contributed by atoms with van der Waals surface area (Å²) in [6.45, 7) is 6.48. The highest BCUT2D eigenvalue weighted by Gasteiger charge is 2.31. The Morgan fingerprint density at radius 1 is 1.03 bits per heavy atom. The maximum atomic E-state index is 12.7. The molecule has 32 heavy (non-hydrogen) atoms. The smallest absolute Gasteiger partial charge is 0.326 e. The number of nitrogens with zero attached hydrogens (tertiary/aromatic N) is 1. The Kier molecular flexibility index (Phi) is 10.8. The van der Waals surface area contributed by atoms with Gasteiger partial charge in [0.25, 0.3) is 0 Å². The van der Waals surface area contributed by atoms with Crippen molar-refractivity contribution < 1.29 is 29.4 Å². The minimum absolute atomic E-state index is 0.0639. The van der Waals surface area contributed by atoms with Gasteiger partial charge in [0.2, 0.25) is 17.7 Å². The van der Waals surface area contributed by atoms with E-state index in [9.17, 15) is 29.4 Å². The maximum absolute atomic E-state index is 12.7. The fourth-order valence-electron chi connectivity index (χ4n) is 2.95. The topological polar surface area (TPSA) is 200 Å². The Balaban J connectivity index is 2.80. The number of nitrogens with one attached hydrogen (secondary N) is 4. The highest BCUT2D eigenvalue weighted by molar-refractivity contribution is 5.94. The molecule has 0 radical (unpaired) electrons. The van der Waals surface area contributed by atoms with Gasteiger partial charge in [0.15, 0.2) is 0 Å². The Labute approximate surface area is 186 Å². The number of carbonyl (C=O) groups excluding carboxylic acids is 3. The van der Waals surface area contributed by atoms with Gasteiger partial charge in [-0.2, -0.15) is 0 Å². The van der Waals surface area contributed by atoms with Crippen molar-refractivity contribution in [3.05, 3.63) is 18.2 Å². The number of hydrogen-bond acceptors (Lipinski definition) is 7. The second-order valence-corrected chi connectivity index (χ2v) is 8.39. The third-order valence-electron chi connectivity index (χ3n) is 4.72. The normalized spacial score (nSPS) is 15.0. The van der Waals surface area contributed by atoms with Gasteiger partial charge in [-0.3, -0.25) is 14.4 Å². The summed E-state index contributed by atoms with van der Waals surface area (Å²) >= 11 is 0. The molecule has 4 atom stereocenters. The van der Waals surface area contributed by atoms with E-state index in [1.807, 2.05) is 13.8 Å². The van der Waals surface area contributed by atoms with E-state index < -0.39 is 54.5 Å². The van der Waals surface area contributed by atoms with Crippen molar-refractivity contribution in [2.75, 3.05) is 6.61 Å². The van der Waals surface area contributed by atoms with Crippen LogP contribution in [0.15, 0.2) is 12.5 Å². The molecular weight excluding hydrogens is 420 g/mol. The van der Waals surface area contributed by atoms with Crippen LogP contribution in [0.2, 0.25) is 0 Å². The quantitative estimate of drug-likeness (QED) is 0.187. The minimum atomic E-state index is -1.41. The summed E-state index contributed by atoms with van der Waals surface area (Å²) in [7, 11) is 0. The highest BCUT2D eigenvalue weighted by atomic mass is 16.4. The van der Waals surface area contributed by atoms with Crippen LogP contribution >= 0.6 is 0 Å². The number of imidazole rings is 1. The lowest BCUT2D eigenvalue weighted by molar-refractivity contribution is -0.142. The van der Waals surface area contributed by atoms with E-state index in [4.69, 9.17) is 5.73 Å². The van der Waals surface area contributed by atoms with Crippen LogP contribution in [-0.4, -0.2) is 74.6 Å². The second-order valence-electron chi connectivity index (χ2n) is 8.39. The van der Waals surface area contributed by atoms with E-state index in [1.54, 1.807) is 13.8 Å². The van der Waals surface area contributed by atoms with Crippen molar-refractivity contribution in [3.63, 3.8) is 0 Å². The van der Waals surface area contributed by atoms with Crippen molar-refractivity contribution in [3.8, 4) is 0 Å². The number of aromatic amines is 1. The number of carbonyl (C=O) groups is 4. The van der Waals surface area contributed by atoms with Crippen LogP contribution in [0.25, 0.3) is 0 Å². The number of aliphatic hydroxyl groups is 1. The van der Waals surface area contributed by atoms with Crippen molar-refractivity contribution in [2.45, 2.75) is 64.7 Å². The monoisotopic (exact) mass is 454 g/mol. The van der Waals surface area contributed by atoms with Gasteiger partial charge in [-0.25, -0.2) is 9.78 Å². The van der Waals surface area contributed by atoms with Gasteiger partial charge in [0.05, 0.1) is 19.0 Å². The average Bonchev–Trinajstić information content (AvgIpc) is 3.21. The van der Waals surface area contributed by atoms with Crippen molar-refractivity contribution in [2.24, 2.45) is 17.6 Å². The van der Waals surface area contributed by atoms with E-state index in [2.05, 4.69) is 25.9 Å². The van der Waals surface area contributed by atoms with Gasteiger partial charge in [-0.1, -0.05) is 27.7 Å². The van der Waals surface area contributed by atoms with Gasteiger partial charge >= 0.3 is 5.97 Å². The van der Waals surface area contributed by atoms with Crippen molar-refractivity contribution in [1.29, 1.82) is 0 Å². The molecule has 3 amide bonds. The van der Waals surface area contributed by atoms with Crippen LogP contribution in [0.5, 0.6) is 0 Å². The molecular formula is C20H34N6O6. The molecule has 0 aliphatic rings. The van der Waals surface area contributed by atoms with Gasteiger partial charge in [-0.05, 0) is 18.3 Å². The van der Waals surface area contributed by atoms with Crippen LogP contribution in [0, 0.1) is 11.8 Å². The molecule has 0 bridgehead atoms. The summed E-state index contributed by atoms with van der Waals surface area (Å²) in [5, 5.41) is 26.2. The number of carboxylic acid groups (broad SMARTS) is 1. The van der Waals surface area contributed by atoms with Crippen LogP contribution in [0.3, 0.4) is 0 Å². The zero-order valence-corrected chi connectivity index (χ0v) is 18.8. The molecule has 0 aliphatic heterocycles. The van der Waals surface area contributed by atoms with Crippen molar-refractivity contribution >= 4 is 23.7 Å². The summed E-state index contributed by atoms with van der Waals surface area (Å²) in [4.78, 5) is 55.6. The molecule has 0 saturated carbocycles. The minimum Gasteiger partial charge on any atom is -0.480 e. The number of H-pyrrole nitrogens is 1. The van der Waals surface area contributed by atoms with E-state index in [0.717, 1.165) is 0 Å². The van der Waals surface area contributed by atoms with Crippen LogP contribution in [0.4, 0.5) is 0 Å². The molecule has 0 spiro atoms. The van der Waals surface area contributed by atoms with E-state index in [1.165, 1.54) is 12.5 Å². The lowest BCUT2D eigenvalue weighted by Gasteiger charge is -2.26. The Morgan fingerprint density at radius 3 is 2.12 bits per heavy atom. The number of nitrogens with two attached hydrogens (primary N) is 1. The third kappa shape index (κ3) is 8.63. The zero-order valence-electron chi connectivity index (χ0n) is 18.8. The first-order chi connectivity index (χ1) is 15.0. The fourth-order valence-corrected chi connectivity index (χ4v) is 2.95. The molecule has 1 heterocycles. The van der Waals surface area contributed by atoms with Crippen LogP contribution < -0.4 is 21.7 Å².